The number of rotatable bonds is 4. The van der Waals surface area contributed by atoms with Crippen LogP contribution in [-0.4, -0.2) is 42.1 Å². The lowest BCUT2D eigenvalue weighted by Crippen LogP contribution is -2.51. The smallest absolute Gasteiger partial charge is 0.260 e. The highest BCUT2D eigenvalue weighted by Crippen LogP contribution is 2.34. The van der Waals surface area contributed by atoms with E-state index < -0.39 is 6.10 Å². The molecular formula is C17H23ClN2O2. The second-order valence-corrected chi connectivity index (χ2v) is 6.88. The first-order valence-corrected chi connectivity index (χ1v) is 8.35. The summed E-state index contributed by atoms with van der Waals surface area (Å²) in [6, 6.07) is 8.60. The standard InChI is InChI=1S/C17H23ClN2O2/c1-11(22-16-7-3-12(18)4-8-16)17(21)19-13-9-14-5-6-15(10-13)20(14)2/h3-4,7-8,11,13-15H,5-6,9-10H2,1-2H3,(H,19,21). The SMILES string of the molecule is CC(Oc1ccc(Cl)cc1)C(=O)NC1CC2CCC(C1)N2C. The highest BCUT2D eigenvalue weighted by molar-refractivity contribution is 6.30. The van der Waals surface area contributed by atoms with E-state index >= 15 is 0 Å². The van der Waals surface area contributed by atoms with Gasteiger partial charge in [0.05, 0.1) is 0 Å². The molecule has 1 aromatic carbocycles. The molecule has 2 aliphatic heterocycles. The van der Waals surface area contributed by atoms with Crippen LogP contribution in [0.25, 0.3) is 0 Å². The summed E-state index contributed by atoms with van der Waals surface area (Å²) in [7, 11) is 2.20. The molecule has 2 fully saturated rings. The van der Waals surface area contributed by atoms with Gasteiger partial charge >= 0.3 is 0 Å². The molecule has 0 spiro atoms. The highest BCUT2D eigenvalue weighted by Gasteiger charge is 2.39. The molecule has 3 atom stereocenters. The normalized spacial score (nSPS) is 29.1. The number of piperidine rings is 1. The van der Waals surface area contributed by atoms with E-state index in [-0.39, 0.29) is 11.9 Å². The van der Waals surface area contributed by atoms with Crippen LogP contribution in [-0.2, 0) is 4.79 Å². The van der Waals surface area contributed by atoms with E-state index in [1.54, 1.807) is 31.2 Å². The number of carbonyl (C=O) groups is 1. The Bertz CT molecular complexity index is 520. The molecule has 0 saturated carbocycles. The van der Waals surface area contributed by atoms with Crippen LogP contribution >= 0.6 is 11.6 Å². The van der Waals surface area contributed by atoms with E-state index in [1.165, 1.54) is 12.8 Å². The Hall–Kier alpha value is -1.26. The molecule has 2 heterocycles. The summed E-state index contributed by atoms with van der Waals surface area (Å²) in [4.78, 5) is 14.8. The summed E-state index contributed by atoms with van der Waals surface area (Å²) in [5, 5.41) is 3.81. The van der Waals surface area contributed by atoms with Gasteiger partial charge in [0, 0.05) is 23.1 Å². The van der Waals surface area contributed by atoms with Crippen molar-refractivity contribution in [3.05, 3.63) is 29.3 Å². The zero-order chi connectivity index (χ0) is 15.7. The third kappa shape index (κ3) is 3.39. The summed E-state index contributed by atoms with van der Waals surface area (Å²) >= 11 is 5.85. The van der Waals surface area contributed by atoms with Crippen LogP contribution in [0.5, 0.6) is 5.75 Å². The lowest BCUT2D eigenvalue weighted by atomic mass is 9.98. The third-order valence-electron chi connectivity index (χ3n) is 4.94. The highest BCUT2D eigenvalue weighted by atomic mass is 35.5. The van der Waals surface area contributed by atoms with Crippen molar-refractivity contribution in [3.63, 3.8) is 0 Å². The molecule has 2 saturated heterocycles. The topological polar surface area (TPSA) is 41.6 Å². The molecule has 2 bridgehead atoms. The molecule has 0 aliphatic carbocycles. The van der Waals surface area contributed by atoms with Crippen molar-refractivity contribution < 1.29 is 9.53 Å². The fraction of sp³-hybridized carbons (Fsp3) is 0.588. The van der Waals surface area contributed by atoms with Crippen LogP contribution in [0.15, 0.2) is 24.3 Å². The van der Waals surface area contributed by atoms with Crippen LogP contribution in [0.1, 0.15) is 32.6 Å². The zero-order valence-electron chi connectivity index (χ0n) is 13.1. The van der Waals surface area contributed by atoms with E-state index in [0.717, 1.165) is 12.8 Å². The number of fused-ring (bicyclic) bond motifs is 2. The maximum atomic E-state index is 12.3. The van der Waals surface area contributed by atoms with Crippen LogP contribution in [0.4, 0.5) is 0 Å². The molecule has 4 nitrogen and oxygen atoms in total. The molecule has 5 heteroatoms. The summed E-state index contributed by atoms with van der Waals surface area (Å²) in [6.45, 7) is 1.79. The quantitative estimate of drug-likeness (QED) is 0.926. The minimum atomic E-state index is -0.501. The summed E-state index contributed by atoms with van der Waals surface area (Å²) in [5.41, 5.74) is 0. The molecule has 3 unspecified atom stereocenters. The first kappa shape index (κ1) is 15.6. The first-order chi connectivity index (χ1) is 10.5. The summed E-state index contributed by atoms with van der Waals surface area (Å²) < 4.78 is 5.68. The fourth-order valence-corrected chi connectivity index (χ4v) is 3.74. The lowest BCUT2D eigenvalue weighted by molar-refractivity contribution is -0.128. The molecule has 0 radical (unpaired) electrons. The molecular weight excluding hydrogens is 300 g/mol. The molecule has 3 rings (SSSR count). The molecule has 1 aromatic rings. The number of benzene rings is 1. The number of nitrogens with one attached hydrogen (secondary N) is 1. The Morgan fingerprint density at radius 2 is 1.86 bits per heavy atom. The van der Waals surface area contributed by atoms with E-state index in [4.69, 9.17) is 16.3 Å². The Morgan fingerprint density at radius 3 is 2.45 bits per heavy atom. The minimum Gasteiger partial charge on any atom is -0.481 e. The summed E-state index contributed by atoms with van der Waals surface area (Å²) in [5.74, 6) is 0.624. The van der Waals surface area contributed by atoms with Crippen molar-refractivity contribution in [2.24, 2.45) is 0 Å². The number of nitrogens with zero attached hydrogens (tertiary/aromatic N) is 1. The predicted octanol–water partition coefficient (Wildman–Crippen LogP) is 2.85. The van der Waals surface area contributed by atoms with Crippen molar-refractivity contribution in [2.45, 2.75) is 56.8 Å². The van der Waals surface area contributed by atoms with Gasteiger partial charge in [0.1, 0.15) is 5.75 Å². The van der Waals surface area contributed by atoms with Gasteiger partial charge < -0.3 is 15.0 Å². The monoisotopic (exact) mass is 322 g/mol. The van der Waals surface area contributed by atoms with Gasteiger partial charge in [-0.15, -0.1) is 0 Å². The number of hydrogen-bond donors (Lipinski definition) is 1. The van der Waals surface area contributed by atoms with Crippen LogP contribution in [0.3, 0.4) is 0 Å². The van der Waals surface area contributed by atoms with Gasteiger partial charge in [-0.25, -0.2) is 0 Å². The fourth-order valence-electron chi connectivity index (χ4n) is 3.62. The minimum absolute atomic E-state index is 0.0381. The van der Waals surface area contributed by atoms with Gasteiger partial charge in [-0.1, -0.05) is 11.6 Å². The van der Waals surface area contributed by atoms with Crippen molar-refractivity contribution in [1.29, 1.82) is 0 Å². The third-order valence-corrected chi connectivity index (χ3v) is 5.19. The number of hydrogen-bond acceptors (Lipinski definition) is 3. The van der Waals surface area contributed by atoms with Crippen molar-refractivity contribution >= 4 is 17.5 Å². The Balaban J connectivity index is 1.52. The number of amides is 1. The average Bonchev–Trinajstić information content (AvgIpc) is 2.72. The van der Waals surface area contributed by atoms with Gasteiger partial charge in [-0.05, 0) is 63.9 Å². The molecule has 1 amide bonds. The molecule has 22 heavy (non-hydrogen) atoms. The van der Waals surface area contributed by atoms with Gasteiger partial charge in [0.15, 0.2) is 6.10 Å². The van der Waals surface area contributed by atoms with Gasteiger partial charge in [-0.2, -0.15) is 0 Å². The Labute approximate surface area is 136 Å². The van der Waals surface area contributed by atoms with Gasteiger partial charge in [0.25, 0.3) is 5.91 Å². The zero-order valence-corrected chi connectivity index (χ0v) is 13.8. The maximum absolute atomic E-state index is 12.3. The molecule has 0 aromatic heterocycles. The van der Waals surface area contributed by atoms with E-state index in [2.05, 4.69) is 17.3 Å². The Morgan fingerprint density at radius 1 is 1.27 bits per heavy atom. The van der Waals surface area contributed by atoms with Crippen molar-refractivity contribution in [3.8, 4) is 5.75 Å². The van der Waals surface area contributed by atoms with Gasteiger partial charge in [-0.3, -0.25) is 4.79 Å². The first-order valence-electron chi connectivity index (χ1n) is 7.97. The van der Waals surface area contributed by atoms with Crippen molar-refractivity contribution in [2.75, 3.05) is 7.05 Å². The van der Waals surface area contributed by atoms with Crippen LogP contribution in [0, 0.1) is 0 Å². The van der Waals surface area contributed by atoms with E-state index in [1.807, 2.05) is 0 Å². The molecule has 120 valence electrons. The van der Waals surface area contributed by atoms with Crippen LogP contribution < -0.4 is 10.1 Å². The Kier molecular flexibility index (Phi) is 4.59. The maximum Gasteiger partial charge on any atom is 0.260 e. The lowest BCUT2D eigenvalue weighted by Gasteiger charge is -2.36. The summed E-state index contributed by atoms with van der Waals surface area (Å²) in [6.07, 6.45) is 4.10. The predicted molar refractivity (Wildman–Crippen MR) is 87.3 cm³/mol. The largest absolute Gasteiger partial charge is 0.481 e. The number of halogens is 1. The number of carbonyl (C=O) groups excluding carboxylic acids is 1. The number of ether oxygens (including phenoxy) is 1. The molecule has 2 aliphatic rings. The molecule has 1 N–H and O–H groups in total. The average molecular weight is 323 g/mol. The second-order valence-electron chi connectivity index (χ2n) is 6.44. The van der Waals surface area contributed by atoms with Crippen molar-refractivity contribution in [1.82, 2.24) is 10.2 Å². The van der Waals surface area contributed by atoms with E-state index in [0.29, 0.717) is 22.9 Å². The van der Waals surface area contributed by atoms with E-state index in [9.17, 15) is 4.79 Å². The second kappa shape index (κ2) is 6.47. The van der Waals surface area contributed by atoms with Crippen LogP contribution in [0.2, 0.25) is 5.02 Å². The van der Waals surface area contributed by atoms with Gasteiger partial charge in [0.2, 0.25) is 0 Å².